The van der Waals surface area contributed by atoms with Gasteiger partial charge in [-0.1, -0.05) is 58.6 Å². The Morgan fingerprint density at radius 3 is 2.07 bits per heavy atom. The zero-order chi connectivity index (χ0) is 11.0. The minimum atomic E-state index is 0.784. The summed E-state index contributed by atoms with van der Waals surface area (Å²) in [5, 5.41) is 0. The van der Waals surface area contributed by atoms with Gasteiger partial charge in [-0.3, -0.25) is 0 Å². The van der Waals surface area contributed by atoms with Crippen molar-refractivity contribution in [2.45, 2.75) is 66.2 Å². The molecule has 0 nitrogen and oxygen atoms in total. The van der Waals surface area contributed by atoms with Crippen LogP contribution < -0.4 is 0 Å². The summed E-state index contributed by atoms with van der Waals surface area (Å²) < 4.78 is 0. The second kappa shape index (κ2) is 8.08. The second-order valence-electron chi connectivity index (χ2n) is 5.01. The molecular weight excluding hydrogens is 168 g/mol. The summed E-state index contributed by atoms with van der Waals surface area (Å²) in [7, 11) is 0. The van der Waals surface area contributed by atoms with Crippen molar-refractivity contribution in [1.29, 1.82) is 0 Å². The van der Waals surface area contributed by atoms with Crippen molar-refractivity contribution >= 4 is 0 Å². The van der Waals surface area contributed by atoms with Crippen LogP contribution in [0.25, 0.3) is 0 Å². The van der Waals surface area contributed by atoms with E-state index in [1.807, 2.05) is 0 Å². The molecule has 0 bridgehead atoms. The average molecular weight is 196 g/mol. The molecule has 0 aromatic carbocycles. The Morgan fingerprint density at radius 2 is 1.64 bits per heavy atom. The quantitative estimate of drug-likeness (QED) is 0.370. The summed E-state index contributed by atoms with van der Waals surface area (Å²) in [6, 6.07) is 0. The normalized spacial score (nSPS) is 13.2. The van der Waals surface area contributed by atoms with Crippen molar-refractivity contribution in [2.24, 2.45) is 11.8 Å². The standard InChI is InChI=1S/C14H28/c1-6-9-14(13(4)5)11-8-7-10-12(2)3/h12,14H,4,6-11H2,1-3,5H3. The Morgan fingerprint density at radius 1 is 1.07 bits per heavy atom. The molecule has 0 aliphatic carbocycles. The third-order valence-corrected chi connectivity index (χ3v) is 2.92. The van der Waals surface area contributed by atoms with E-state index in [4.69, 9.17) is 0 Å². The van der Waals surface area contributed by atoms with Crippen molar-refractivity contribution < 1.29 is 0 Å². The van der Waals surface area contributed by atoms with Crippen molar-refractivity contribution in [3.63, 3.8) is 0 Å². The number of allylic oxidation sites excluding steroid dienone is 1. The largest absolute Gasteiger partial charge is 0.0999 e. The van der Waals surface area contributed by atoms with Crippen molar-refractivity contribution in [3.8, 4) is 0 Å². The van der Waals surface area contributed by atoms with Crippen LogP contribution >= 0.6 is 0 Å². The molecule has 14 heavy (non-hydrogen) atoms. The number of hydrogen-bond acceptors (Lipinski definition) is 0. The predicted octanol–water partition coefficient (Wildman–Crippen LogP) is 5.20. The predicted molar refractivity (Wildman–Crippen MR) is 66.5 cm³/mol. The summed E-state index contributed by atoms with van der Waals surface area (Å²) >= 11 is 0. The minimum absolute atomic E-state index is 0.784. The molecule has 0 heterocycles. The topological polar surface area (TPSA) is 0 Å². The highest BCUT2D eigenvalue weighted by Gasteiger charge is 2.07. The zero-order valence-corrected chi connectivity index (χ0v) is 10.6. The maximum Gasteiger partial charge on any atom is -0.0209 e. The fourth-order valence-corrected chi connectivity index (χ4v) is 1.93. The summed E-state index contributed by atoms with van der Waals surface area (Å²) in [4.78, 5) is 0. The Hall–Kier alpha value is -0.260. The fourth-order valence-electron chi connectivity index (χ4n) is 1.93. The van der Waals surface area contributed by atoms with E-state index in [0.717, 1.165) is 11.8 Å². The van der Waals surface area contributed by atoms with Crippen LogP contribution in [0.3, 0.4) is 0 Å². The third kappa shape index (κ3) is 7.17. The molecule has 0 N–H and O–H groups in total. The lowest BCUT2D eigenvalue weighted by atomic mass is 9.90. The van der Waals surface area contributed by atoms with Gasteiger partial charge in [0.05, 0.1) is 0 Å². The first-order valence-corrected chi connectivity index (χ1v) is 6.23. The Labute approximate surface area is 90.8 Å². The molecule has 0 radical (unpaired) electrons. The van der Waals surface area contributed by atoms with Crippen LogP contribution in [-0.4, -0.2) is 0 Å². The first-order chi connectivity index (χ1) is 6.57. The summed E-state index contributed by atoms with van der Waals surface area (Å²) in [6.07, 6.45) is 8.14. The fraction of sp³-hybridized carbons (Fsp3) is 0.857. The van der Waals surface area contributed by atoms with Gasteiger partial charge in [-0.2, -0.15) is 0 Å². The minimum Gasteiger partial charge on any atom is -0.0999 e. The van der Waals surface area contributed by atoms with Gasteiger partial charge in [0.1, 0.15) is 0 Å². The number of hydrogen-bond donors (Lipinski definition) is 0. The van der Waals surface area contributed by atoms with E-state index >= 15 is 0 Å². The molecular formula is C14H28. The van der Waals surface area contributed by atoms with Gasteiger partial charge >= 0.3 is 0 Å². The van der Waals surface area contributed by atoms with Gasteiger partial charge in [0, 0.05) is 0 Å². The van der Waals surface area contributed by atoms with E-state index in [9.17, 15) is 0 Å². The Balaban J connectivity index is 3.56. The molecule has 0 amide bonds. The molecule has 0 saturated carbocycles. The molecule has 0 rings (SSSR count). The van der Waals surface area contributed by atoms with Crippen molar-refractivity contribution in [3.05, 3.63) is 12.2 Å². The van der Waals surface area contributed by atoms with E-state index in [-0.39, 0.29) is 0 Å². The molecule has 84 valence electrons. The lowest BCUT2D eigenvalue weighted by molar-refractivity contribution is 0.455. The molecule has 0 aromatic rings. The van der Waals surface area contributed by atoms with Gasteiger partial charge in [0.2, 0.25) is 0 Å². The first-order valence-electron chi connectivity index (χ1n) is 6.23. The van der Waals surface area contributed by atoms with Gasteiger partial charge in [-0.15, -0.1) is 0 Å². The van der Waals surface area contributed by atoms with E-state index < -0.39 is 0 Å². The van der Waals surface area contributed by atoms with Crippen molar-refractivity contribution in [2.75, 3.05) is 0 Å². The third-order valence-electron chi connectivity index (χ3n) is 2.92. The second-order valence-corrected chi connectivity index (χ2v) is 5.01. The van der Waals surface area contributed by atoms with Crippen LogP contribution in [0.1, 0.15) is 66.2 Å². The van der Waals surface area contributed by atoms with Gasteiger partial charge < -0.3 is 0 Å². The highest BCUT2D eigenvalue weighted by Crippen LogP contribution is 2.22. The summed E-state index contributed by atoms with van der Waals surface area (Å²) in [5.74, 6) is 1.65. The van der Waals surface area contributed by atoms with Gasteiger partial charge in [0.25, 0.3) is 0 Å². The molecule has 0 fully saturated rings. The molecule has 1 atom stereocenters. The van der Waals surface area contributed by atoms with Gasteiger partial charge in [-0.05, 0) is 31.6 Å². The summed E-state index contributed by atoms with van der Waals surface area (Å²) in [5.41, 5.74) is 1.39. The number of unbranched alkanes of at least 4 members (excludes halogenated alkanes) is 1. The molecule has 1 unspecified atom stereocenters. The lowest BCUT2D eigenvalue weighted by Gasteiger charge is -2.16. The van der Waals surface area contributed by atoms with Crippen molar-refractivity contribution in [1.82, 2.24) is 0 Å². The molecule has 0 aromatic heterocycles. The lowest BCUT2D eigenvalue weighted by Crippen LogP contribution is -2.01. The van der Waals surface area contributed by atoms with Crippen LogP contribution in [0.4, 0.5) is 0 Å². The number of rotatable bonds is 8. The van der Waals surface area contributed by atoms with Crippen LogP contribution in [0.2, 0.25) is 0 Å². The van der Waals surface area contributed by atoms with E-state index in [0.29, 0.717) is 0 Å². The van der Waals surface area contributed by atoms with Crippen LogP contribution in [-0.2, 0) is 0 Å². The maximum atomic E-state index is 4.09. The van der Waals surface area contributed by atoms with E-state index in [1.54, 1.807) is 0 Å². The molecule has 0 aliphatic heterocycles. The molecule has 0 aliphatic rings. The Kier molecular flexibility index (Phi) is 7.93. The monoisotopic (exact) mass is 196 g/mol. The van der Waals surface area contributed by atoms with Gasteiger partial charge in [0.15, 0.2) is 0 Å². The highest BCUT2D eigenvalue weighted by atomic mass is 14.1. The first kappa shape index (κ1) is 13.7. The van der Waals surface area contributed by atoms with Crippen LogP contribution in [0.5, 0.6) is 0 Å². The van der Waals surface area contributed by atoms with Crippen LogP contribution in [0.15, 0.2) is 12.2 Å². The molecule has 0 saturated heterocycles. The highest BCUT2D eigenvalue weighted by molar-refractivity contribution is 4.95. The van der Waals surface area contributed by atoms with E-state index in [2.05, 4.69) is 34.3 Å². The van der Waals surface area contributed by atoms with Crippen LogP contribution in [0, 0.1) is 11.8 Å². The SMILES string of the molecule is C=C(C)C(CCC)CCCCC(C)C. The average Bonchev–Trinajstić information content (AvgIpc) is 2.09. The summed E-state index contributed by atoms with van der Waals surface area (Å²) in [6.45, 7) is 13.2. The zero-order valence-electron chi connectivity index (χ0n) is 10.6. The maximum absolute atomic E-state index is 4.09. The molecule has 0 heteroatoms. The van der Waals surface area contributed by atoms with Gasteiger partial charge in [-0.25, -0.2) is 0 Å². The smallest absolute Gasteiger partial charge is 0.0209 e. The molecule has 0 spiro atoms. The van der Waals surface area contributed by atoms with E-state index in [1.165, 1.54) is 44.1 Å². The Bertz CT molecular complexity index is 144.